The highest BCUT2D eigenvalue weighted by molar-refractivity contribution is 7.71. The van der Waals surface area contributed by atoms with Gasteiger partial charge in [0.05, 0.1) is 6.54 Å². The summed E-state index contributed by atoms with van der Waals surface area (Å²) in [7, 11) is 1.70. The molecule has 0 aliphatic rings. The molecule has 0 unspecified atom stereocenters. The van der Waals surface area contributed by atoms with E-state index < -0.39 is 5.82 Å². The molecule has 6 nitrogen and oxygen atoms in total. The molecule has 1 aromatic heterocycles. The predicted octanol–water partition coefficient (Wildman–Crippen LogP) is 3.98. The van der Waals surface area contributed by atoms with Gasteiger partial charge >= 0.3 is 0 Å². The molecule has 0 atom stereocenters. The number of ether oxygens (including phenoxy) is 1. The van der Waals surface area contributed by atoms with Crippen molar-refractivity contribution in [3.05, 3.63) is 64.7 Å². The maximum atomic E-state index is 13.6. The number of hydrogen-bond acceptors (Lipinski definition) is 4. The molecule has 0 aliphatic carbocycles. The van der Waals surface area contributed by atoms with Crippen molar-refractivity contribution in [2.75, 3.05) is 20.2 Å². The fourth-order valence-corrected chi connectivity index (χ4v) is 3.13. The highest BCUT2D eigenvalue weighted by atomic mass is 32.1. The lowest BCUT2D eigenvalue weighted by molar-refractivity contribution is -0.130. The van der Waals surface area contributed by atoms with Crippen LogP contribution in [0.25, 0.3) is 11.4 Å². The van der Waals surface area contributed by atoms with Gasteiger partial charge in [0.2, 0.25) is 5.91 Å². The minimum absolute atomic E-state index is 0.0552. The fraction of sp³-hybridized carbons (Fsp3) is 0.286. The maximum Gasteiger partial charge on any atom is 0.224 e. The Morgan fingerprint density at radius 2 is 2.07 bits per heavy atom. The minimum Gasteiger partial charge on any atom is -0.489 e. The summed E-state index contributed by atoms with van der Waals surface area (Å²) in [6.45, 7) is 2.99. The Bertz CT molecular complexity index is 1050. The van der Waals surface area contributed by atoms with Crippen LogP contribution in [-0.4, -0.2) is 45.8 Å². The Hall–Kier alpha value is -3.00. The van der Waals surface area contributed by atoms with Gasteiger partial charge in [-0.15, -0.1) is 0 Å². The van der Waals surface area contributed by atoms with Crippen LogP contribution in [-0.2, 0) is 11.3 Å². The number of carbonyl (C=O) groups is 1. The summed E-state index contributed by atoms with van der Waals surface area (Å²) in [5.41, 5.74) is 2.06. The van der Waals surface area contributed by atoms with Crippen LogP contribution in [0.5, 0.6) is 5.75 Å². The van der Waals surface area contributed by atoms with E-state index in [-0.39, 0.29) is 24.7 Å². The third kappa shape index (κ3) is 5.29. The second kappa shape index (κ2) is 9.47. The number of H-pyrrole nitrogens is 1. The van der Waals surface area contributed by atoms with E-state index in [4.69, 9.17) is 17.0 Å². The molecule has 1 heterocycles. The molecule has 0 saturated carbocycles. The van der Waals surface area contributed by atoms with E-state index in [1.54, 1.807) is 30.1 Å². The van der Waals surface area contributed by atoms with E-state index >= 15 is 0 Å². The highest BCUT2D eigenvalue weighted by Crippen LogP contribution is 2.19. The SMILES string of the molecule is Cc1cccc(-c2n[nH]c(=S)n2CCC(=O)N(C)CCOc2ccccc2F)c1. The third-order valence-electron chi connectivity index (χ3n) is 4.53. The maximum absolute atomic E-state index is 13.6. The largest absolute Gasteiger partial charge is 0.489 e. The van der Waals surface area contributed by atoms with Crippen molar-refractivity contribution >= 4 is 18.1 Å². The molecule has 0 spiro atoms. The van der Waals surface area contributed by atoms with Crippen molar-refractivity contribution < 1.29 is 13.9 Å². The lowest BCUT2D eigenvalue weighted by Crippen LogP contribution is -2.31. The summed E-state index contributed by atoms with van der Waals surface area (Å²) in [6.07, 6.45) is 0.267. The van der Waals surface area contributed by atoms with Crippen LogP contribution >= 0.6 is 12.2 Å². The summed E-state index contributed by atoms with van der Waals surface area (Å²) in [6, 6.07) is 14.2. The van der Waals surface area contributed by atoms with Crippen LogP contribution in [0.1, 0.15) is 12.0 Å². The van der Waals surface area contributed by atoms with Crippen LogP contribution in [0.3, 0.4) is 0 Å². The average molecular weight is 415 g/mol. The van der Waals surface area contributed by atoms with Crippen molar-refractivity contribution in [1.82, 2.24) is 19.7 Å². The Morgan fingerprint density at radius 3 is 2.83 bits per heavy atom. The summed E-state index contributed by atoms with van der Waals surface area (Å²) in [5.74, 6) is 0.415. The molecule has 0 aliphatic heterocycles. The number of amides is 1. The third-order valence-corrected chi connectivity index (χ3v) is 4.84. The Morgan fingerprint density at radius 1 is 1.28 bits per heavy atom. The van der Waals surface area contributed by atoms with Crippen molar-refractivity contribution in [1.29, 1.82) is 0 Å². The quantitative estimate of drug-likeness (QED) is 0.567. The van der Waals surface area contributed by atoms with E-state index in [2.05, 4.69) is 10.2 Å². The molecule has 0 bridgehead atoms. The van der Waals surface area contributed by atoms with E-state index in [0.717, 1.165) is 11.1 Å². The van der Waals surface area contributed by atoms with Gasteiger partial charge in [-0.3, -0.25) is 14.5 Å². The van der Waals surface area contributed by atoms with E-state index in [0.29, 0.717) is 23.7 Å². The minimum atomic E-state index is -0.417. The normalized spacial score (nSPS) is 10.7. The number of aromatic amines is 1. The smallest absolute Gasteiger partial charge is 0.224 e. The zero-order valence-corrected chi connectivity index (χ0v) is 17.2. The number of nitrogens with one attached hydrogen (secondary N) is 1. The predicted molar refractivity (Wildman–Crippen MR) is 112 cm³/mol. The number of aromatic nitrogens is 3. The molecule has 0 saturated heterocycles. The first-order valence-corrected chi connectivity index (χ1v) is 9.70. The number of nitrogens with zero attached hydrogens (tertiary/aromatic N) is 3. The van der Waals surface area contributed by atoms with Gasteiger partial charge in [0.25, 0.3) is 0 Å². The second-order valence-corrected chi connectivity index (χ2v) is 7.10. The van der Waals surface area contributed by atoms with Crippen molar-refractivity contribution in [2.24, 2.45) is 0 Å². The van der Waals surface area contributed by atoms with Gasteiger partial charge in [0.1, 0.15) is 6.61 Å². The number of likely N-dealkylation sites (N-methyl/N-ethyl adjacent to an activating group) is 1. The summed E-state index contributed by atoms with van der Waals surface area (Å²) < 4.78 is 21.3. The topological polar surface area (TPSA) is 63.2 Å². The van der Waals surface area contributed by atoms with Crippen LogP contribution in [0.15, 0.2) is 48.5 Å². The van der Waals surface area contributed by atoms with Crippen molar-refractivity contribution in [3.8, 4) is 17.1 Å². The summed E-state index contributed by atoms with van der Waals surface area (Å²) in [5, 5.41) is 7.11. The molecule has 29 heavy (non-hydrogen) atoms. The summed E-state index contributed by atoms with van der Waals surface area (Å²) >= 11 is 5.32. The molecule has 1 N–H and O–H groups in total. The number of halogens is 1. The van der Waals surface area contributed by atoms with Crippen LogP contribution in [0.2, 0.25) is 0 Å². The zero-order chi connectivity index (χ0) is 20.8. The average Bonchev–Trinajstić information content (AvgIpc) is 3.08. The zero-order valence-electron chi connectivity index (χ0n) is 16.4. The van der Waals surface area contributed by atoms with Gasteiger partial charge in [-0.05, 0) is 37.3 Å². The number of hydrogen-bond donors (Lipinski definition) is 1. The second-order valence-electron chi connectivity index (χ2n) is 6.72. The molecule has 3 rings (SSSR count). The first kappa shape index (κ1) is 20.7. The van der Waals surface area contributed by atoms with Crippen molar-refractivity contribution in [2.45, 2.75) is 19.9 Å². The Kier molecular flexibility index (Phi) is 6.77. The molecule has 1 amide bonds. The van der Waals surface area contributed by atoms with Gasteiger partial charge in [0.15, 0.2) is 22.2 Å². The van der Waals surface area contributed by atoms with E-state index in [1.807, 2.05) is 35.8 Å². The molecule has 2 aromatic carbocycles. The van der Waals surface area contributed by atoms with Crippen LogP contribution in [0, 0.1) is 17.5 Å². The van der Waals surface area contributed by atoms with Gasteiger partial charge in [-0.1, -0.05) is 35.9 Å². The molecule has 0 fully saturated rings. The number of para-hydroxylation sites is 1. The van der Waals surface area contributed by atoms with E-state index in [1.165, 1.54) is 6.07 Å². The molecule has 152 valence electrons. The fourth-order valence-electron chi connectivity index (χ4n) is 2.91. The first-order valence-electron chi connectivity index (χ1n) is 9.29. The molecular weight excluding hydrogens is 391 g/mol. The van der Waals surface area contributed by atoms with Crippen LogP contribution < -0.4 is 4.74 Å². The highest BCUT2D eigenvalue weighted by Gasteiger charge is 2.13. The molecule has 3 aromatic rings. The molecule has 8 heteroatoms. The van der Waals surface area contributed by atoms with Gasteiger partial charge < -0.3 is 9.64 Å². The van der Waals surface area contributed by atoms with Gasteiger partial charge in [-0.25, -0.2) is 4.39 Å². The monoisotopic (exact) mass is 414 g/mol. The standard InChI is InChI=1S/C21H23FN4O2S/c1-15-6-5-7-16(14-15)20-23-24-21(29)26(20)11-10-19(27)25(2)12-13-28-18-9-4-3-8-17(18)22/h3-9,14H,10-13H2,1-2H3,(H,24,29). The molecular formula is C21H23FN4O2S. The summed E-state index contributed by atoms with van der Waals surface area (Å²) in [4.78, 5) is 14.0. The van der Waals surface area contributed by atoms with Crippen molar-refractivity contribution in [3.63, 3.8) is 0 Å². The first-order chi connectivity index (χ1) is 14.0. The number of benzene rings is 2. The number of aryl methyl sites for hydroxylation is 1. The Labute approximate surface area is 173 Å². The van der Waals surface area contributed by atoms with Gasteiger partial charge in [-0.2, -0.15) is 5.10 Å². The number of rotatable bonds is 8. The lowest BCUT2D eigenvalue weighted by atomic mass is 10.1. The lowest BCUT2D eigenvalue weighted by Gasteiger charge is -2.18. The number of carbonyl (C=O) groups excluding carboxylic acids is 1. The Balaban J connectivity index is 1.56. The molecule has 0 radical (unpaired) electrons. The van der Waals surface area contributed by atoms with Crippen LogP contribution in [0.4, 0.5) is 4.39 Å². The van der Waals surface area contributed by atoms with Gasteiger partial charge in [0, 0.05) is 25.6 Å². The van der Waals surface area contributed by atoms with E-state index in [9.17, 15) is 9.18 Å².